The highest BCUT2D eigenvalue weighted by Crippen LogP contribution is 2.25. The van der Waals surface area contributed by atoms with E-state index in [0.717, 1.165) is 31.6 Å². The number of nitrogens with zero attached hydrogens (tertiary/aromatic N) is 1. The summed E-state index contributed by atoms with van der Waals surface area (Å²) < 4.78 is 0. The highest BCUT2D eigenvalue weighted by molar-refractivity contribution is 6.14. The Kier molecular flexibility index (Phi) is 4.42. The van der Waals surface area contributed by atoms with Crippen LogP contribution < -0.4 is 4.90 Å². The molecule has 3 rings (SSSR count). The molecule has 118 valence electrons. The first-order valence-corrected chi connectivity index (χ1v) is 7.89. The van der Waals surface area contributed by atoms with Crippen molar-refractivity contribution in [3.63, 3.8) is 0 Å². The normalized spacial score (nSPS) is 14.5. The van der Waals surface area contributed by atoms with Crippen LogP contribution in [0.1, 0.15) is 45.5 Å². The monoisotopic (exact) mass is 309 g/mol. The summed E-state index contributed by atoms with van der Waals surface area (Å²) in [5.41, 5.74) is 1.74. The second kappa shape index (κ2) is 6.65. The number of carboxylic acids is 1. The fourth-order valence-corrected chi connectivity index (χ4v) is 3.00. The summed E-state index contributed by atoms with van der Waals surface area (Å²) in [6.45, 7) is 1.90. The van der Waals surface area contributed by atoms with Gasteiger partial charge in [-0.05, 0) is 37.5 Å². The number of carbonyl (C=O) groups is 2. The van der Waals surface area contributed by atoms with E-state index in [9.17, 15) is 14.7 Å². The van der Waals surface area contributed by atoms with Crippen LogP contribution in [0.25, 0.3) is 0 Å². The summed E-state index contributed by atoms with van der Waals surface area (Å²) in [7, 11) is 0. The quantitative estimate of drug-likeness (QED) is 0.877. The molecule has 23 heavy (non-hydrogen) atoms. The van der Waals surface area contributed by atoms with Gasteiger partial charge in [0.15, 0.2) is 5.78 Å². The van der Waals surface area contributed by atoms with Crippen LogP contribution in [0.5, 0.6) is 0 Å². The zero-order valence-electron chi connectivity index (χ0n) is 12.9. The van der Waals surface area contributed by atoms with Gasteiger partial charge in [0.05, 0.1) is 5.56 Å². The average Bonchev–Trinajstić information content (AvgIpc) is 2.62. The van der Waals surface area contributed by atoms with Gasteiger partial charge in [0.1, 0.15) is 0 Å². The van der Waals surface area contributed by atoms with Crippen LogP contribution in [0.3, 0.4) is 0 Å². The molecular weight excluding hydrogens is 290 g/mol. The number of ketones is 1. The third kappa shape index (κ3) is 3.26. The standard InChI is InChI=1S/C19H19NO3/c21-18(14-7-3-1-4-8-14)17-13-15(9-10-16(17)19(22)23)20-11-5-2-6-12-20/h1,3-4,7-10,13H,2,5-6,11-12H2,(H,22,23). The van der Waals surface area contributed by atoms with E-state index < -0.39 is 5.97 Å². The van der Waals surface area contributed by atoms with Gasteiger partial charge in [-0.2, -0.15) is 0 Å². The smallest absolute Gasteiger partial charge is 0.336 e. The van der Waals surface area contributed by atoms with Crippen molar-refractivity contribution in [3.8, 4) is 0 Å². The Balaban J connectivity index is 2.01. The molecule has 1 aliphatic rings. The average molecular weight is 309 g/mol. The van der Waals surface area contributed by atoms with Crippen molar-refractivity contribution in [3.05, 3.63) is 65.2 Å². The lowest BCUT2D eigenvalue weighted by Crippen LogP contribution is -2.29. The van der Waals surface area contributed by atoms with E-state index in [1.165, 1.54) is 6.42 Å². The second-order valence-electron chi connectivity index (χ2n) is 5.78. The lowest BCUT2D eigenvalue weighted by atomic mass is 9.97. The van der Waals surface area contributed by atoms with Crippen molar-refractivity contribution in [2.24, 2.45) is 0 Å². The fraction of sp³-hybridized carbons (Fsp3) is 0.263. The van der Waals surface area contributed by atoms with Gasteiger partial charge in [-0.15, -0.1) is 0 Å². The summed E-state index contributed by atoms with van der Waals surface area (Å²) >= 11 is 0. The molecule has 0 spiro atoms. The minimum atomic E-state index is -1.07. The summed E-state index contributed by atoms with van der Waals surface area (Å²) in [5, 5.41) is 9.40. The largest absolute Gasteiger partial charge is 0.478 e. The van der Waals surface area contributed by atoms with Gasteiger partial charge < -0.3 is 10.0 Å². The first-order valence-electron chi connectivity index (χ1n) is 7.89. The summed E-state index contributed by atoms with van der Waals surface area (Å²) in [6.07, 6.45) is 3.48. The number of hydrogen-bond donors (Lipinski definition) is 1. The Hall–Kier alpha value is -2.62. The summed E-state index contributed by atoms with van der Waals surface area (Å²) in [5.74, 6) is -1.32. The number of anilines is 1. The molecule has 1 N–H and O–H groups in total. The van der Waals surface area contributed by atoms with E-state index in [-0.39, 0.29) is 16.9 Å². The molecule has 1 saturated heterocycles. The first-order chi connectivity index (χ1) is 11.2. The maximum absolute atomic E-state index is 12.7. The highest BCUT2D eigenvalue weighted by Gasteiger charge is 2.20. The van der Waals surface area contributed by atoms with Gasteiger partial charge >= 0.3 is 5.97 Å². The summed E-state index contributed by atoms with van der Waals surface area (Å²) in [6, 6.07) is 13.9. The maximum Gasteiger partial charge on any atom is 0.336 e. The topological polar surface area (TPSA) is 57.6 Å². The molecule has 0 unspecified atom stereocenters. The van der Waals surface area contributed by atoms with E-state index in [0.29, 0.717) is 5.56 Å². The Morgan fingerprint density at radius 1 is 0.870 bits per heavy atom. The number of piperidine rings is 1. The third-order valence-electron chi connectivity index (χ3n) is 4.24. The van der Waals surface area contributed by atoms with Crippen molar-refractivity contribution in [1.82, 2.24) is 0 Å². The van der Waals surface area contributed by atoms with Gasteiger partial charge in [-0.25, -0.2) is 4.79 Å². The zero-order valence-corrected chi connectivity index (χ0v) is 12.9. The molecule has 0 amide bonds. The highest BCUT2D eigenvalue weighted by atomic mass is 16.4. The van der Waals surface area contributed by atoms with E-state index in [1.54, 1.807) is 42.5 Å². The number of benzene rings is 2. The van der Waals surface area contributed by atoms with Crippen LogP contribution >= 0.6 is 0 Å². The summed E-state index contributed by atoms with van der Waals surface area (Å²) in [4.78, 5) is 26.4. The molecule has 0 saturated carbocycles. The van der Waals surface area contributed by atoms with E-state index >= 15 is 0 Å². The van der Waals surface area contributed by atoms with Gasteiger partial charge in [-0.3, -0.25) is 4.79 Å². The number of carbonyl (C=O) groups excluding carboxylic acids is 1. The van der Waals surface area contributed by atoms with Gasteiger partial charge in [-0.1, -0.05) is 30.3 Å². The molecule has 4 nitrogen and oxygen atoms in total. The van der Waals surface area contributed by atoms with Crippen LogP contribution in [0, 0.1) is 0 Å². The lowest BCUT2D eigenvalue weighted by molar-refractivity contribution is 0.0693. The zero-order chi connectivity index (χ0) is 16.2. The van der Waals surface area contributed by atoms with Crippen LogP contribution in [0.2, 0.25) is 0 Å². The molecule has 2 aromatic carbocycles. The van der Waals surface area contributed by atoms with Crippen molar-refractivity contribution in [2.75, 3.05) is 18.0 Å². The van der Waals surface area contributed by atoms with Crippen LogP contribution in [-0.2, 0) is 0 Å². The molecule has 1 heterocycles. The molecule has 0 aromatic heterocycles. The van der Waals surface area contributed by atoms with Crippen LogP contribution in [0.4, 0.5) is 5.69 Å². The van der Waals surface area contributed by atoms with E-state index in [2.05, 4.69) is 4.90 Å². The number of hydrogen-bond acceptors (Lipinski definition) is 3. The fourth-order valence-electron chi connectivity index (χ4n) is 3.00. The molecule has 0 bridgehead atoms. The molecule has 1 fully saturated rings. The molecule has 4 heteroatoms. The predicted octanol–water partition coefficient (Wildman–Crippen LogP) is 3.61. The Labute approximate surface area is 135 Å². The van der Waals surface area contributed by atoms with Crippen LogP contribution in [-0.4, -0.2) is 29.9 Å². The first kappa shape index (κ1) is 15.3. The van der Waals surface area contributed by atoms with Gasteiger partial charge in [0.25, 0.3) is 0 Å². The van der Waals surface area contributed by atoms with E-state index in [1.807, 2.05) is 6.07 Å². The van der Waals surface area contributed by atoms with Crippen LogP contribution in [0.15, 0.2) is 48.5 Å². The maximum atomic E-state index is 12.7. The van der Waals surface area contributed by atoms with E-state index in [4.69, 9.17) is 0 Å². The van der Waals surface area contributed by atoms with Crippen molar-refractivity contribution >= 4 is 17.4 Å². The molecular formula is C19H19NO3. The molecule has 1 aliphatic heterocycles. The Morgan fingerprint density at radius 3 is 2.22 bits per heavy atom. The Bertz CT molecular complexity index is 719. The number of rotatable bonds is 4. The van der Waals surface area contributed by atoms with Crippen molar-refractivity contribution in [1.29, 1.82) is 0 Å². The molecule has 0 aliphatic carbocycles. The molecule has 0 atom stereocenters. The minimum Gasteiger partial charge on any atom is -0.478 e. The molecule has 0 radical (unpaired) electrons. The third-order valence-corrected chi connectivity index (χ3v) is 4.24. The number of carboxylic acid groups (broad SMARTS) is 1. The SMILES string of the molecule is O=C(O)c1ccc(N2CCCCC2)cc1C(=O)c1ccccc1. The second-order valence-corrected chi connectivity index (χ2v) is 5.78. The van der Waals surface area contributed by atoms with Crippen molar-refractivity contribution < 1.29 is 14.7 Å². The number of aromatic carboxylic acids is 1. The Morgan fingerprint density at radius 2 is 1.57 bits per heavy atom. The predicted molar refractivity (Wildman–Crippen MR) is 89.3 cm³/mol. The van der Waals surface area contributed by atoms with Gasteiger partial charge in [0, 0.05) is 29.9 Å². The van der Waals surface area contributed by atoms with Crippen molar-refractivity contribution in [2.45, 2.75) is 19.3 Å². The van der Waals surface area contributed by atoms with Gasteiger partial charge in [0.2, 0.25) is 0 Å². The lowest BCUT2D eigenvalue weighted by Gasteiger charge is -2.29. The molecule has 2 aromatic rings. The minimum absolute atomic E-state index is 0.0552.